The highest BCUT2D eigenvalue weighted by molar-refractivity contribution is 5.81. The Balaban J connectivity index is 2.57. The molecule has 20 heavy (non-hydrogen) atoms. The summed E-state index contributed by atoms with van der Waals surface area (Å²) in [5.74, 6) is 0.633. The van der Waals surface area contributed by atoms with Gasteiger partial charge in [-0.15, -0.1) is 0 Å². The van der Waals surface area contributed by atoms with Crippen molar-refractivity contribution in [3.05, 3.63) is 29.8 Å². The lowest BCUT2D eigenvalue weighted by atomic mass is 10.2. The van der Waals surface area contributed by atoms with Crippen molar-refractivity contribution < 1.29 is 9.53 Å². The first-order valence-electron chi connectivity index (χ1n) is 6.66. The maximum Gasteiger partial charge on any atom is 0.237 e. The molecule has 2 N–H and O–H groups in total. The molecule has 1 aromatic rings. The van der Waals surface area contributed by atoms with E-state index in [-0.39, 0.29) is 24.6 Å². The maximum absolute atomic E-state index is 11.8. The standard InChI is InChI=1S/C15H21N3O2/c1-11(2)18-15(19)12(3)17-10-13-6-4-5-7-14(13)20-9-8-16/h4-7,11-12,17H,9-10H2,1-3H3,(H,18,19). The van der Waals surface area contributed by atoms with Crippen molar-refractivity contribution in [3.63, 3.8) is 0 Å². The zero-order chi connectivity index (χ0) is 15.0. The van der Waals surface area contributed by atoms with Gasteiger partial charge in [-0.2, -0.15) is 5.26 Å². The molecule has 0 heterocycles. The molecule has 0 bridgehead atoms. The minimum absolute atomic E-state index is 0.0143. The predicted octanol–water partition coefficient (Wildman–Crippen LogP) is 1.59. The van der Waals surface area contributed by atoms with Gasteiger partial charge in [0, 0.05) is 18.2 Å². The molecule has 0 aromatic heterocycles. The van der Waals surface area contributed by atoms with Gasteiger partial charge in [-0.1, -0.05) is 18.2 Å². The summed E-state index contributed by atoms with van der Waals surface area (Å²) < 4.78 is 5.34. The van der Waals surface area contributed by atoms with Gasteiger partial charge in [0.2, 0.25) is 5.91 Å². The third-order valence-electron chi connectivity index (χ3n) is 2.69. The fourth-order valence-electron chi connectivity index (χ4n) is 1.67. The van der Waals surface area contributed by atoms with Crippen LogP contribution in [0, 0.1) is 11.3 Å². The van der Waals surface area contributed by atoms with Crippen molar-refractivity contribution in [2.45, 2.75) is 39.4 Å². The van der Waals surface area contributed by atoms with E-state index in [2.05, 4.69) is 10.6 Å². The van der Waals surface area contributed by atoms with Crippen molar-refractivity contribution in [3.8, 4) is 11.8 Å². The lowest BCUT2D eigenvalue weighted by Gasteiger charge is -2.17. The van der Waals surface area contributed by atoms with Crippen LogP contribution in [0.15, 0.2) is 24.3 Å². The highest BCUT2D eigenvalue weighted by atomic mass is 16.5. The van der Waals surface area contributed by atoms with E-state index in [0.717, 1.165) is 5.56 Å². The average molecular weight is 275 g/mol. The smallest absolute Gasteiger partial charge is 0.237 e. The number of para-hydroxylation sites is 1. The number of hydrogen-bond acceptors (Lipinski definition) is 4. The number of hydrogen-bond donors (Lipinski definition) is 2. The molecule has 5 heteroatoms. The van der Waals surface area contributed by atoms with Crippen molar-refractivity contribution in [1.82, 2.24) is 10.6 Å². The third kappa shape index (κ3) is 5.29. The summed E-state index contributed by atoms with van der Waals surface area (Å²) in [6, 6.07) is 9.25. The van der Waals surface area contributed by atoms with Crippen molar-refractivity contribution in [1.29, 1.82) is 5.26 Å². The SMILES string of the molecule is CC(C)NC(=O)C(C)NCc1ccccc1OCC#N. The molecular weight excluding hydrogens is 254 g/mol. The van der Waals surface area contributed by atoms with Crippen LogP contribution in [0.4, 0.5) is 0 Å². The molecule has 1 rings (SSSR count). The van der Waals surface area contributed by atoms with Crippen LogP contribution >= 0.6 is 0 Å². The largest absolute Gasteiger partial charge is 0.478 e. The predicted molar refractivity (Wildman–Crippen MR) is 77.1 cm³/mol. The molecule has 0 aliphatic rings. The first kappa shape index (κ1) is 16.0. The number of benzene rings is 1. The number of carbonyl (C=O) groups is 1. The van der Waals surface area contributed by atoms with Gasteiger partial charge in [0.15, 0.2) is 6.61 Å². The number of nitrogens with zero attached hydrogens (tertiary/aromatic N) is 1. The topological polar surface area (TPSA) is 74.2 Å². The zero-order valence-electron chi connectivity index (χ0n) is 12.1. The van der Waals surface area contributed by atoms with Gasteiger partial charge in [0.1, 0.15) is 11.8 Å². The van der Waals surface area contributed by atoms with E-state index in [1.54, 1.807) is 0 Å². The van der Waals surface area contributed by atoms with Crippen LogP contribution in [-0.2, 0) is 11.3 Å². The lowest BCUT2D eigenvalue weighted by molar-refractivity contribution is -0.123. The second-order valence-electron chi connectivity index (χ2n) is 4.82. The number of carbonyl (C=O) groups excluding carboxylic acids is 1. The van der Waals surface area contributed by atoms with Crippen LogP contribution in [0.3, 0.4) is 0 Å². The van der Waals surface area contributed by atoms with Crippen LogP contribution in [0.1, 0.15) is 26.3 Å². The van der Waals surface area contributed by atoms with E-state index >= 15 is 0 Å². The van der Waals surface area contributed by atoms with Gasteiger partial charge in [-0.25, -0.2) is 0 Å². The van der Waals surface area contributed by atoms with E-state index < -0.39 is 0 Å². The molecule has 1 unspecified atom stereocenters. The van der Waals surface area contributed by atoms with Crippen molar-refractivity contribution >= 4 is 5.91 Å². The fraction of sp³-hybridized carbons (Fsp3) is 0.467. The Hall–Kier alpha value is -2.06. The monoisotopic (exact) mass is 275 g/mol. The van der Waals surface area contributed by atoms with E-state index in [4.69, 9.17) is 10.00 Å². The molecule has 0 aliphatic carbocycles. The van der Waals surface area contributed by atoms with E-state index in [1.165, 1.54) is 0 Å². The Morgan fingerprint density at radius 1 is 1.35 bits per heavy atom. The molecule has 1 amide bonds. The molecule has 0 spiro atoms. The van der Waals surface area contributed by atoms with Gasteiger partial charge < -0.3 is 15.4 Å². The Kier molecular flexibility index (Phi) is 6.54. The molecule has 1 aromatic carbocycles. The second kappa shape index (κ2) is 8.18. The second-order valence-corrected chi connectivity index (χ2v) is 4.82. The number of nitrogens with one attached hydrogen (secondary N) is 2. The molecule has 108 valence electrons. The van der Waals surface area contributed by atoms with Gasteiger partial charge in [0.05, 0.1) is 6.04 Å². The number of ether oxygens (including phenoxy) is 1. The zero-order valence-corrected chi connectivity index (χ0v) is 12.1. The first-order valence-corrected chi connectivity index (χ1v) is 6.66. The highest BCUT2D eigenvalue weighted by Crippen LogP contribution is 2.17. The number of nitriles is 1. The molecule has 0 radical (unpaired) electrons. The molecule has 0 fully saturated rings. The summed E-state index contributed by atoms with van der Waals surface area (Å²) in [4.78, 5) is 11.8. The van der Waals surface area contributed by atoms with Crippen molar-refractivity contribution in [2.24, 2.45) is 0 Å². The van der Waals surface area contributed by atoms with E-state index in [9.17, 15) is 4.79 Å². The van der Waals surface area contributed by atoms with Crippen LogP contribution in [0.25, 0.3) is 0 Å². The molecule has 0 saturated carbocycles. The molecule has 0 saturated heterocycles. The summed E-state index contributed by atoms with van der Waals surface area (Å²) in [6.45, 7) is 6.19. The van der Waals surface area contributed by atoms with Gasteiger partial charge in [-0.3, -0.25) is 4.79 Å². The van der Waals surface area contributed by atoms with Gasteiger partial charge >= 0.3 is 0 Å². The summed E-state index contributed by atoms with van der Waals surface area (Å²) in [5, 5.41) is 14.5. The highest BCUT2D eigenvalue weighted by Gasteiger charge is 2.13. The Morgan fingerprint density at radius 2 is 2.05 bits per heavy atom. The molecule has 1 atom stereocenters. The lowest BCUT2D eigenvalue weighted by Crippen LogP contribution is -2.44. The van der Waals surface area contributed by atoms with Gasteiger partial charge in [0.25, 0.3) is 0 Å². The maximum atomic E-state index is 11.8. The summed E-state index contributed by atoms with van der Waals surface area (Å²) in [6.07, 6.45) is 0. The first-order chi connectivity index (χ1) is 9.54. The quantitative estimate of drug-likeness (QED) is 0.792. The van der Waals surface area contributed by atoms with Crippen LogP contribution in [0.2, 0.25) is 0 Å². The molecular formula is C15H21N3O2. The average Bonchev–Trinajstić information content (AvgIpc) is 2.42. The third-order valence-corrected chi connectivity index (χ3v) is 2.69. The normalized spacial score (nSPS) is 11.8. The van der Waals surface area contributed by atoms with Crippen LogP contribution in [0.5, 0.6) is 5.75 Å². The number of rotatable bonds is 7. The van der Waals surface area contributed by atoms with Crippen LogP contribution < -0.4 is 15.4 Å². The summed E-state index contributed by atoms with van der Waals surface area (Å²) >= 11 is 0. The van der Waals surface area contributed by atoms with E-state index in [1.807, 2.05) is 51.1 Å². The Bertz CT molecular complexity index is 480. The van der Waals surface area contributed by atoms with Crippen molar-refractivity contribution in [2.75, 3.05) is 6.61 Å². The molecule has 0 aliphatic heterocycles. The number of amides is 1. The minimum atomic E-state index is -0.290. The van der Waals surface area contributed by atoms with E-state index in [0.29, 0.717) is 12.3 Å². The minimum Gasteiger partial charge on any atom is -0.478 e. The van der Waals surface area contributed by atoms with Gasteiger partial charge in [-0.05, 0) is 26.8 Å². The Morgan fingerprint density at radius 3 is 2.70 bits per heavy atom. The molecule has 5 nitrogen and oxygen atoms in total. The van der Waals surface area contributed by atoms with Crippen LogP contribution in [-0.4, -0.2) is 24.6 Å². The summed E-state index contributed by atoms with van der Waals surface area (Å²) in [5.41, 5.74) is 0.923. The summed E-state index contributed by atoms with van der Waals surface area (Å²) in [7, 11) is 0. The fourth-order valence-corrected chi connectivity index (χ4v) is 1.67. The Labute approximate surface area is 119 Å².